The van der Waals surface area contributed by atoms with Crippen LogP contribution in [0.1, 0.15) is 63.3 Å². The summed E-state index contributed by atoms with van der Waals surface area (Å²) in [7, 11) is 1.96. The number of hydrogen-bond donors (Lipinski definition) is 1. The molecule has 0 aliphatic heterocycles. The highest BCUT2D eigenvalue weighted by Crippen LogP contribution is 2.35. The Balaban J connectivity index is 1.86. The summed E-state index contributed by atoms with van der Waals surface area (Å²) in [4.78, 5) is 0. The Morgan fingerprint density at radius 2 is 2.00 bits per heavy atom. The number of aliphatic hydroxyl groups is 1. The highest BCUT2D eigenvalue weighted by Gasteiger charge is 2.27. The van der Waals surface area contributed by atoms with E-state index in [0.717, 1.165) is 21.8 Å². The van der Waals surface area contributed by atoms with E-state index in [-0.39, 0.29) is 6.10 Å². The predicted molar refractivity (Wildman–Crippen MR) is 90.3 cm³/mol. The van der Waals surface area contributed by atoms with Crippen LogP contribution < -0.4 is 0 Å². The molecule has 1 aliphatic rings. The van der Waals surface area contributed by atoms with E-state index >= 15 is 0 Å². The first-order valence-corrected chi connectivity index (χ1v) is 9.18. The topological polar surface area (TPSA) is 38.1 Å². The first-order chi connectivity index (χ1) is 10.0. The van der Waals surface area contributed by atoms with Gasteiger partial charge in [-0.15, -0.1) is 0 Å². The van der Waals surface area contributed by atoms with Gasteiger partial charge in [0.1, 0.15) is 0 Å². The number of hydrogen-bond acceptors (Lipinski definition) is 2. The summed E-state index contributed by atoms with van der Waals surface area (Å²) in [6.45, 7) is 4.27. The zero-order valence-corrected chi connectivity index (χ0v) is 15.2. The lowest BCUT2D eigenvalue weighted by Gasteiger charge is -2.31. The number of aliphatic hydroxyl groups excluding tert-OH is 1. The van der Waals surface area contributed by atoms with E-state index in [0.29, 0.717) is 12.3 Å². The maximum absolute atomic E-state index is 10.6. The van der Waals surface area contributed by atoms with Crippen LogP contribution in [0.25, 0.3) is 0 Å². The number of halogens is 1. The smallest absolute Gasteiger partial charge is 0.0738 e. The summed E-state index contributed by atoms with van der Waals surface area (Å²) >= 11 is 3.60. The Hall–Kier alpha value is -0.350. The van der Waals surface area contributed by atoms with Gasteiger partial charge >= 0.3 is 0 Å². The summed E-state index contributed by atoms with van der Waals surface area (Å²) in [6, 6.07) is 0. The van der Waals surface area contributed by atoms with Crippen LogP contribution in [0.4, 0.5) is 0 Å². The molecule has 1 heterocycles. The molecule has 0 radical (unpaired) electrons. The van der Waals surface area contributed by atoms with Gasteiger partial charge in [0.15, 0.2) is 0 Å². The van der Waals surface area contributed by atoms with Crippen molar-refractivity contribution < 1.29 is 5.11 Å². The molecule has 0 spiro atoms. The lowest BCUT2D eigenvalue weighted by molar-refractivity contribution is 0.0710. The van der Waals surface area contributed by atoms with Crippen LogP contribution in [0.15, 0.2) is 4.47 Å². The van der Waals surface area contributed by atoms with Gasteiger partial charge in [-0.2, -0.15) is 5.10 Å². The van der Waals surface area contributed by atoms with Crippen LogP contribution in [0.3, 0.4) is 0 Å². The lowest BCUT2D eigenvalue weighted by atomic mass is 9.77. The molecule has 1 fully saturated rings. The Morgan fingerprint density at radius 1 is 1.33 bits per heavy atom. The van der Waals surface area contributed by atoms with E-state index in [1.54, 1.807) is 0 Å². The van der Waals surface area contributed by atoms with Crippen LogP contribution in [0.5, 0.6) is 0 Å². The van der Waals surface area contributed by atoms with E-state index in [1.807, 2.05) is 18.7 Å². The molecule has 0 amide bonds. The standard InChI is InChI=1S/C17H29BrN2O/c1-4-5-6-13-7-9-14(10-8-13)16(21)11-15-17(18)12(2)19-20(15)3/h13-14,16,21H,4-11H2,1-3H3. The number of aromatic nitrogens is 2. The van der Waals surface area contributed by atoms with Crippen molar-refractivity contribution >= 4 is 15.9 Å². The van der Waals surface area contributed by atoms with E-state index in [9.17, 15) is 5.11 Å². The molecule has 0 aromatic carbocycles. The Labute approximate surface area is 137 Å². The summed E-state index contributed by atoms with van der Waals surface area (Å²) in [6.07, 6.45) is 9.49. The van der Waals surface area contributed by atoms with E-state index in [1.165, 1.54) is 44.9 Å². The minimum atomic E-state index is -0.233. The second kappa shape index (κ2) is 7.77. The monoisotopic (exact) mass is 356 g/mol. The van der Waals surface area contributed by atoms with Crippen molar-refractivity contribution in [2.45, 2.75) is 71.3 Å². The summed E-state index contributed by atoms with van der Waals surface area (Å²) in [5.74, 6) is 1.36. The third kappa shape index (κ3) is 4.32. The zero-order valence-electron chi connectivity index (χ0n) is 13.6. The van der Waals surface area contributed by atoms with Crippen molar-refractivity contribution in [2.24, 2.45) is 18.9 Å². The van der Waals surface area contributed by atoms with Gasteiger partial charge < -0.3 is 5.11 Å². The molecule has 3 nitrogen and oxygen atoms in total. The van der Waals surface area contributed by atoms with Crippen molar-refractivity contribution in [1.29, 1.82) is 0 Å². The molecule has 1 aromatic heterocycles. The molecule has 1 aromatic rings. The molecule has 4 heteroatoms. The SMILES string of the molecule is CCCCC1CCC(C(O)Cc2c(Br)c(C)nn2C)CC1. The number of unbranched alkanes of at least 4 members (excludes halogenated alkanes) is 1. The Bertz CT molecular complexity index is 450. The van der Waals surface area contributed by atoms with Crippen LogP contribution >= 0.6 is 15.9 Å². The highest BCUT2D eigenvalue weighted by molar-refractivity contribution is 9.10. The molecule has 21 heavy (non-hydrogen) atoms. The average Bonchev–Trinajstić information content (AvgIpc) is 2.72. The molecular formula is C17H29BrN2O. The largest absolute Gasteiger partial charge is 0.392 e. The third-order valence-corrected chi connectivity index (χ3v) is 6.10. The maximum atomic E-state index is 10.6. The Morgan fingerprint density at radius 3 is 2.52 bits per heavy atom. The minimum absolute atomic E-state index is 0.233. The molecule has 1 unspecified atom stereocenters. The van der Waals surface area contributed by atoms with Crippen molar-refractivity contribution in [3.63, 3.8) is 0 Å². The molecule has 2 rings (SSSR count). The number of nitrogens with zero attached hydrogens (tertiary/aromatic N) is 2. The fourth-order valence-corrected chi connectivity index (χ4v) is 4.12. The van der Waals surface area contributed by atoms with Gasteiger partial charge in [-0.05, 0) is 47.5 Å². The van der Waals surface area contributed by atoms with Gasteiger partial charge in [-0.25, -0.2) is 0 Å². The molecule has 1 N–H and O–H groups in total. The second-order valence-electron chi connectivity index (χ2n) is 6.66. The van der Waals surface area contributed by atoms with Gasteiger partial charge in [0, 0.05) is 13.5 Å². The lowest BCUT2D eigenvalue weighted by Crippen LogP contribution is -2.28. The van der Waals surface area contributed by atoms with E-state index < -0.39 is 0 Å². The van der Waals surface area contributed by atoms with Crippen molar-refractivity contribution in [2.75, 3.05) is 0 Å². The first-order valence-electron chi connectivity index (χ1n) is 8.39. The summed E-state index contributed by atoms with van der Waals surface area (Å²) in [5.41, 5.74) is 2.12. The van der Waals surface area contributed by atoms with Crippen LogP contribution in [-0.4, -0.2) is 21.0 Å². The molecule has 1 aliphatic carbocycles. The fraction of sp³-hybridized carbons (Fsp3) is 0.824. The molecule has 1 saturated carbocycles. The average molecular weight is 357 g/mol. The van der Waals surface area contributed by atoms with Crippen LogP contribution in [0, 0.1) is 18.8 Å². The maximum Gasteiger partial charge on any atom is 0.0738 e. The molecule has 0 saturated heterocycles. The van der Waals surface area contributed by atoms with E-state index in [4.69, 9.17) is 0 Å². The fourth-order valence-electron chi connectivity index (χ4n) is 3.62. The van der Waals surface area contributed by atoms with Crippen molar-refractivity contribution in [3.8, 4) is 0 Å². The predicted octanol–water partition coefficient (Wildman–Crippen LogP) is 4.39. The Kier molecular flexibility index (Phi) is 6.30. The third-order valence-electron chi connectivity index (χ3n) is 5.07. The molecule has 120 valence electrons. The number of aryl methyl sites for hydroxylation is 2. The summed E-state index contributed by atoms with van der Waals surface area (Å²) in [5, 5.41) is 15.0. The van der Waals surface area contributed by atoms with E-state index in [2.05, 4.69) is 28.0 Å². The quantitative estimate of drug-likeness (QED) is 0.820. The van der Waals surface area contributed by atoms with Gasteiger partial charge in [0.05, 0.1) is 22.0 Å². The minimum Gasteiger partial charge on any atom is -0.392 e. The van der Waals surface area contributed by atoms with Crippen LogP contribution in [0.2, 0.25) is 0 Å². The van der Waals surface area contributed by atoms with Gasteiger partial charge in [-0.3, -0.25) is 4.68 Å². The zero-order chi connectivity index (χ0) is 15.4. The van der Waals surface area contributed by atoms with Gasteiger partial charge in [0.2, 0.25) is 0 Å². The van der Waals surface area contributed by atoms with Crippen LogP contribution in [-0.2, 0) is 13.5 Å². The van der Waals surface area contributed by atoms with Gasteiger partial charge in [0.25, 0.3) is 0 Å². The summed E-state index contributed by atoms with van der Waals surface area (Å²) < 4.78 is 2.95. The van der Waals surface area contributed by atoms with Crippen molar-refractivity contribution in [3.05, 3.63) is 15.9 Å². The van der Waals surface area contributed by atoms with Crippen molar-refractivity contribution in [1.82, 2.24) is 9.78 Å². The first kappa shape index (κ1) is 17.0. The molecule has 1 atom stereocenters. The molecule has 0 bridgehead atoms. The van der Waals surface area contributed by atoms with Gasteiger partial charge in [-0.1, -0.05) is 39.0 Å². The highest BCUT2D eigenvalue weighted by atomic mass is 79.9. The molecular weight excluding hydrogens is 328 g/mol. The normalized spacial score (nSPS) is 24.2. The number of rotatable bonds is 6. The second-order valence-corrected chi connectivity index (χ2v) is 7.46.